The van der Waals surface area contributed by atoms with E-state index in [0.717, 1.165) is 12.1 Å². The molecule has 160 valence electrons. The molecular formula is C19H18F3N3O5. The molecule has 1 unspecified atom stereocenters. The van der Waals surface area contributed by atoms with Crippen LogP contribution in [0.4, 0.5) is 18.9 Å². The summed E-state index contributed by atoms with van der Waals surface area (Å²) in [5.41, 5.74) is -2.49. The molecule has 0 bridgehead atoms. The quantitative estimate of drug-likeness (QED) is 0.728. The van der Waals surface area contributed by atoms with Crippen LogP contribution in [0.15, 0.2) is 33.5 Å². The molecule has 3 amide bonds. The third kappa shape index (κ3) is 4.61. The zero-order chi connectivity index (χ0) is 22.1. The first kappa shape index (κ1) is 21.3. The number of rotatable bonds is 4. The summed E-state index contributed by atoms with van der Waals surface area (Å²) in [6, 6.07) is 3.08. The number of halogens is 3. The number of hydrogen-bond donors (Lipinski definition) is 2. The molecule has 0 aliphatic carbocycles. The third-order valence-electron chi connectivity index (χ3n) is 4.68. The van der Waals surface area contributed by atoms with E-state index in [4.69, 9.17) is 4.42 Å². The molecule has 3 rings (SSSR count). The van der Waals surface area contributed by atoms with E-state index in [0.29, 0.717) is 25.5 Å². The van der Waals surface area contributed by atoms with Crippen LogP contribution in [-0.2, 0) is 20.6 Å². The number of carbonyl (C=O) groups is 3. The summed E-state index contributed by atoms with van der Waals surface area (Å²) < 4.78 is 44.2. The van der Waals surface area contributed by atoms with Crippen LogP contribution in [0.2, 0.25) is 0 Å². The number of nitrogens with one attached hydrogen (secondary N) is 2. The highest BCUT2D eigenvalue weighted by molar-refractivity contribution is 5.99. The summed E-state index contributed by atoms with van der Waals surface area (Å²) in [4.78, 5) is 48.7. The van der Waals surface area contributed by atoms with Gasteiger partial charge in [0.1, 0.15) is 11.6 Å². The molecule has 1 saturated heterocycles. The van der Waals surface area contributed by atoms with Gasteiger partial charge >= 0.3 is 11.8 Å². The van der Waals surface area contributed by atoms with Crippen LogP contribution in [0.1, 0.15) is 25.3 Å². The lowest BCUT2D eigenvalue weighted by Gasteiger charge is -2.24. The number of nitrogens with zero attached hydrogens (tertiary/aromatic N) is 1. The van der Waals surface area contributed by atoms with Crippen molar-refractivity contribution in [2.75, 3.05) is 18.4 Å². The van der Waals surface area contributed by atoms with Crippen LogP contribution in [0, 0.1) is 0 Å². The molecule has 1 aromatic heterocycles. The standard InChI is InChI=1S/C19H18F3N3O5/c1-10(26)23-9-16(27)25-6-2-3-14(25)18(29)24-11-4-5-12-13(19(20,21)22)8-17(28)30-15(12)7-11/h4-5,7-8,14H,2-3,6,9H2,1H3,(H,23,26)(H,24,29). The van der Waals surface area contributed by atoms with Gasteiger partial charge in [-0.2, -0.15) is 13.2 Å². The summed E-state index contributed by atoms with van der Waals surface area (Å²) in [5, 5.41) is 4.61. The van der Waals surface area contributed by atoms with Gasteiger partial charge in [0.05, 0.1) is 12.1 Å². The first-order valence-electron chi connectivity index (χ1n) is 9.06. The number of likely N-dealkylation sites (tertiary alicyclic amines) is 1. The van der Waals surface area contributed by atoms with Gasteiger partial charge in [-0.1, -0.05) is 0 Å². The highest BCUT2D eigenvalue weighted by atomic mass is 19.4. The second kappa shape index (κ2) is 8.17. The molecule has 1 fully saturated rings. The number of fused-ring (bicyclic) bond motifs is 1. The van der Waals surface area contributed by atoms with E-state index in [-0.39, 0.29) is 29.1 Å². The van der Waals surface area contributed by atoms with Crippen molar-refractivity contribution in [1.82, 2.24) is 10.2 Å². The van der Waals surface area contributed by atoms with E-state index in [1.807, 2.05) is 0 Å². The predicted octanol–water partition coefficient (Wildman–Crippen LogP) is 1.88. The van der Waals surface area contributed by atoms with Crippen LogP contribution < -0.4 is 16.3 Å². The van der Waals surface area contributed by atoms with Gasteiger partial charge < -0.3 is 20.0 Å². The van der Waals surface area contributed by atoms with Crippen molar-refractivity contribution in [2.24, 2.45) is 0 Å². The van der Waals surface area contributed by atoms with Gasteiger partial charge in [-0.3, -0.25) is 14.4 Å². The zero-order valence-electron chi connectivity index (χ0n) is 15.8. The summed E-state index contributed by atoms with van der Waals surface area (Å²) in [6.07, 6.45) is -3.75. The number of benzene rings is 1. The Labute approximate surface area is 168 Å². The molecule has 30 heavy (non-hydrogen) atoms. The van der Waals surface area contributed by atoms with Crippen LogP contribution in [0.25, 0.3) is 11.0 Å². The highest BCUT2D eigenvalue weighted by Gasteiger charge is 2.35. The SMILES string of the molecule is CC(=O)NCC(=O)N1CCCC1C(=O)Nc1ccc2c(C(F)(F)F)cc(=O)oc2c1. The van der Waals surface area contributed by atoms with Crippen LogP contribution >= 0.6 is 0 Å². The number of hydrogen-bond acceptors (Lipinski definition) is 5. The lowest BCUT2D eigenvalue weighted by Crippen LogP contribution is -2.46. The molecular weight excluding hydrogens is 407 g/mol. The second-order valence-electron chi connectivity index (χ2n) is 6.83. The fourth-order valence-electron chi connectivity index (χ4n) is 3.34. The second-order valence-corrected chi connectivity index (χ2v) is 6.83. The Balaban J connectivity index is 1.80. The third-order valence-corrected chi connectivity index (χ3v) is 4.68. The average Bonchev–Trinajstić information content (AvgIpc) is 3.14. The van der Waals surface area contributed by atoms with Crippen LogP contribution in [0.5, 0.6) is 0 Å². The summed E-state index contributed by atoms with van der Waals surface area (Å²) >= 11 is 0. The Morgan fingerprint density at radius 2 is 1.97 bits per heavy atom. The van der Waals surface area contributed by atoms with Gasteiger partial charge in [0.15, 0.2) is 0 Å². The van der Waals surface area contributed by atoms with E-state index in [2.05, 4.69) is 10.6 Å². The number of amides is 3. The molecule has 2 aromatic rings. The van der Waals surface area contributed by atoms with Crippen LogP contribution in [-0.4, -0.2) is 41.8 Å². The Hall–Kier alpha value is -3.37. The Bertz CT molecular complexity index is 1060. The first-order chi connectivity index (χ1) is 14.1. The normalized spacial score (nSPS) is 16.5. The maximum Gasteiger partial charge on any atom is 0.417 e. The minimum absolute atomic E-state index is 0.121. The smallest absolute Gasteiger partial charge is 0.417 e. The van der Waals surface area contributed by atoms with Gasteiger partial charge in [-0.25, -0.2) is 4.79 Å². The van der Waals surface area contributed by atoms with E-state index in [1.54, 1.807) is 0 Å². The zero-order valence-corrected chi connectivity index (χ0v) is 15.8. The Morgan fingerprint density at radius 3 is 2.63 bits per heavy atom. The summed E-state index contributed by atoms with van der Waals surface area (Å²) in [5.74, 6) is -1.32. The van der Waals surface area contributed by atoms with E-state index in [1.165, 1.54) is 17.9 Å². The first-order valence-corrected chi connectivity index (χ1v) is 9.06. The molecule has 1 aliphatic heterocycles. The minimum Gasteiger partial charge on any atom is -0.423 e. The topological polar surface area (TPSA) is 109 Å². The summed E-state index contributed by atoms with van der Waals surface area (Å²) in [7, 11) is 0. The molecule has 0 saturated carbocycles. The largest absolute Gasteiger partial charge is 0.423 e. The molecule has 1 aromatic carbocycles. The van der Waals surface area contributed by atoms with Crippen molar-refractivity contribution in [2.45, 2.75) is 32.0 Å². The van der Waals surface area contributed by atoms with E-state index >= 15 is 0 Å². The molecule has 2 N–H and O–H groups in total. The Morgan fingerprint density at radius 1 is 1.23 bits per heavy atom. The van der Waals surface area contributed by atoms with E-state index in [9.17, 15) is 32.3 Å². The van der Waals surface area contributed by atoms with Crippen molar-refractivity contribution in [3.05, 3.63) is 40.2 Å². The van der Waals surface area contributed by atoms with Crippen molar-refractivity contribution in [3.8, 4) is 0 Å². The van der Waals surface area contributed by atoms with Gasteiger partial charge in [-0.15, -0.1) is 0 Å². The van der Waals surface area contributed by atoms with Gasteiger partial charge in [-0.05, 0) is 25.0 Å². The van der Waals surface area contributed by atoms with Crippen molar-refractivity contribution >= 4 is 34.4 Å². The van der Waals surface area contributed by atoms with Gasteiger partial charge in [0.2, 0.25) is 17.7 Å². The maximum absolute atomic E-state index is 13.1. The monoisotopic (exact) mass is 425 g/mol. The molecule has 0 radical (unpaired) electrons. The molecule has 11 heteroatoms. The highest BCUT2D eigenvalue weighted by Crippen LogP contribution is 2.34. The maximum atomic E-state index is 13.1. The van der Waals surface area contributed by atoms with Crippen molar-refractivity contribution < 1.29 is 32.0 Å². The van der Waals surface area contributed by atoms with E-state index < -0.39 is 35.2 Å². The van der Waals surface area contributed by atoms with Gasteiger partial charge in [0.25, 0.3) is 0 Å². The van der Waals surface area contributed by atoms with Gasteiger partial charge in [0, 0.05) is 36.7 Å². The lowest BCUT2D eigenvalue weighted by molar-refractivity contribution is -0.136. The lowest BCUT2D eigenvalue weighted by atomic mass is 10.1. The minimum atomic E-state index is -4.74. The number of alkyl halides is 3. The molecule has 1 atom stereocenters. The Kier molecular flexibility index (Phi) is 5.81. The summed E-state index contributed by atoms with van der Waals surface area (Å²) in [6.45, 7) is 1.38. The average molecular weight is 425 g/mol. The molecule has 2 heterocycles. The molecule has 8 nitrogen and oxygen atoms in total. The fourth-order valence-corrected chi connectivity index (χ4v) is 3.34. The van der Waals surface area contributed by atoms with Crippen molar-refractivity contribution in [1.29, 1.82) is 0 Å². The molecule has 1 aliphatic rings. The fraction of sp³-hybridized carbons (Fsp3) is 0.368. The predicted molar refractivity (Wildman–Crippen MR) is 99.5 cm³/mol. The number of anilines is 1. The van der Waals surface area contributed by atoms with Crippen molar-refractivity contribution in [3.63, 3.8) is 0 Å². The molecule has 0 spiro atoms. The van der Waals surface area contributed by atoms with Crippen LogP contribution in [0.3, 0.4) is 0 Å². The number of carbonyl (C=O) groups excluding carboxylic acids is 3.